The van der Waals surface area contributed by atoms with Crippen LogP contribution < -0.4 is 5.32 Å². The van der Waals surface area contributed by atoms with Gasteiger partial charge in [0.15, 0.2) is 5.65 Å². The van der Waals surface area contributed by atoms with E-state index in [2.05, 4.69) is 20.6 Å². The molecule has 0 atom stereocenters. The molecule has 0 aliphatic heterocycles. The summed E-state index contributed by atoms with van der Waals surface area (Å²) in [5.41, 5.74) is 2.26. The molecule has 0 aliphatic rings. The van der Waals surface area contributed by atoms with Crippen LogP contribution in [0.2, 0.25) is 0 Å². The predicted molar refractivity (Wildman–Crippen MR) is 114 cm³/mol. The maximum absolute atomic E-state index is 13.0. The lowest BCUT2D eigenvalue weighted by Gasteiger charge is -2.10. The number of thiophene rings is 1. The van der Waals surface area contributed by atoms with Crippen molar-refractivity contribution in [3.05, 3.63) is 38.7 Å². The van der Waals surface area contributed by atoms with Gasteiger partial charge in [-0.3, -0.25) is 10.1 Å². The van der Waals surface area contributed by atoms with Gasteiger partial charge in [-0.15, -0.1) is 21.5 Å². The van der Waals surface area contributed by atoms with Crippen LogP contribution in [0.4, 0.5) is 18.3 Å². The molecule has 0 aromatic carbocycles. The maximum atomic E-state index is 13.0. The van der Waals surface area contributed by atoms with Crippen molar-refractivity contribution in [2.45, 2.75) is 39.9 Å². The largest absolute Gasteiger partial charge is 0.445 e. The zero-order chi connectivity index (χ0) is 22.5. The minimum Gasteiger partial charge on any atom is -0.296 e. The average molecular weight is 467 g/mol. The molecule has 0 saturated heterocycles. The number of halogens is 3. The second-order valence-electron chi connectivity index (χ2n) is 7.17. The van der Waals surface area contributed by atoms with Crippen molar-refractivity contribution in [3.8, 4) is 11.3 Å². The number of pyridine rings is 1. The Balaban J connectivity index is 1.81. The lowest BCUT2D eigenvalue weighted by atomic mass is 10.1. The van der Waals surface area contributed by atoms with Crippen LogP contribution in [0.1, 0.15) is 45.0 Å². The lowest BCUT2D eigenvalue weighted by molar-refractivity contribution is -0.138. The Hall–Kier alpha value is -2.86. The van der Waals surface area contributed by atoms with Gasteiger partial charge >= 0.3 is 6.18 Å². The number of rotatable bonds is 4. The molecule has 4 aromatic rings. The van der Waals surface area contributed by atoms with Crippen molar-refractivity contribution in [2.24, 2.45) is 0 Å². The molecule has 4 rings (SSSR count). The fraction of sp³-hybridized carbons (Fsp3) is 0.316. The van der Waals surface area contributed by atoms with Crippen LogP contribution in [-0.4, -0.2) is 30.9 Å². The molecule has 0 unspecified atom stereocenters. The van der Waals surface area contributed by atoms with Crippen LogP contribution in [0, 0.1) is 13.8 Å². The maximum Gasteiger partial charge on any atom is 0.445 e. The van der Waals surface area contributed by atoms with Crippen LogP contribution in [0.3, 0.4) is 0 Å². The molecule has 12 heteroatoms. The van der Waals surface area contributed by atoms with Gasteiger partial charge in [0.2, 0.25) is 10.1 Å². The molecular formula is C19H17F3N6OS2. The SMILES string of the molecule is Cc1cc(-c2cc(C(=O)Nc3nnc(C(F)(F)F)s3)c3cnn(C(C)C)c3n2)c(C)s1. The highest BCUT2D eigenvalue weighted by atomic mass is 32.1. The fourth-order valence-corrected chi connectivity index (χ4v) is 4.70. The highest BCUT2D eigenvalue weighted by molar-refractivity contribution is 7.15. The first kappa shape index (κ1) is 21.4. The van der Waals surface area contributed by atoms with Gasteiger partial charge in [-0.05, 0) is 39.8 Å². The lowest BCUT2D eigenvalue weighted by Crippen LogP contribution is -2.13. The van der Waals surface area contributed by atoms with E-state index in [9.17, 15) is 18.0 Å². The number of carbonyl (C=O) groups is 1. The van der Waals surface area contributed by atoms with Gasteiger partial charge in [0.25, 0.3) is 5.91 Å². The number of alkyl halides is 3. The third kappa shape index (κ3) is 4.04. The molecule has 4 aromatic heterocycles. The number of aryl methyl sites for hydroxylation is 2. The van der Waals surface area contributed by atoms with Gasteiger partial charge in [0.1, 0.15) is 0 Å². The summed E-state index contributed by atoms with van der Waals surface area (Å²) >= 11 is 1.89. The Morgan fingerprint density at radius 3 is 2.48 bits per heavy atom. The number of amides is 1. The average Bonchev–Trinajstić information content (AvgIpc) is 3.38. The van der Waals surface area contributed by atoms with E-state index < -0.39 is 17.1 Å². The van der Waals surface area contributed by atoms with Gasteiger partial charge in [0, 0.05) is 21.4 Å². The molecule has 4 heterocycles. The Morgan fingerprint density at radius 2 is 1.90 bits per heavy atom. The summed E-state index contributed by atoms with van der Waals surface area (Å²) in [7, 11) is 0. The van der Waals surface area contributed by atoms with E-state index in [0.29, 0.717) is 16.7 Å². The van der Waals surface area contributed by atoms with E-state index in [-0.39, 0.29) is 28.1 Å². The topological polar surface area (TPSA) is 85.6 Å². The molecule has 7 nitrogen and oxygen atoms in total. The van der Waals surface area contributed by atoms with E-state index in [4.69, 9.17) is 4.98 Å². The van der Waals surface area contributed by atoms with E-state index >= 15 is 0 Å². The zero-order valence-electron chi connectivity index (χ0n) is 16.9. The van der Waals surface area contributed by atoms with Gasteiger partial charge in [0.05, 0.1) is 22.8 Å². The molecule has 31 heavy (non-hydrogen) atoms. The van der Waals surface area contributed by atoms with Gasteiger partial charge < -0.3 is 0 Å². The Labute approximate surface area is 183 Å². The van der Waals surface area contributed by atoms with Gasteiger partial charge in [-0.25, -0.2) is 9.67 Å². The molecule has 0 spiro atoms. The molecule has 0 bridgehead atoms. The summed E-state index contributed by atoms with van der Waals surface area (Å²) in [4.78, 5) is 19.9. The second-order valence-corrected chi connectivity index (χ2v) is 9.60. The number of fused-ring (bicyclic) bond motifs is 1. The second kappa shape index (κ2) is 7.68. The molecular weight excluding hydrogens is 449 g/mol. The first-order chi connectivity index (χ1) is 14.5. The molecule has 0 saturated carbocycles. The summed E-state index contributed by atoms with van der Waals surface area (Å²) in [6.07, 6.45) is -3.08. The Morgan fingerprint density at radius 1 is 1.16 bits per heavy atom. The van der Waals surface area contributed by atoms with Crippen LogP contribution in [0.15, 0.2) is 18.3 Å². The monoisotopic (exact) mass is 466 g/mol. The first-order valence-electron chi connectivity index (χ1n) is 9.22. The van der Waals surface area contributed by atoms with Gasteiger partial charge in [-0.1, -0.05) is 11.3 Å². The zero-order valence-corrected chi connectivity index (χ0v) is 18.5. The summed E-state index contributed by atoms with van der Waals surface area (Å²) < 4.78 is 40.1. The number of hydrogen-bond donors (Lipinski definition) is 1. The molecule has 0 aliphatic carbocycles. The third-order valence-corrected chi connectivity index (χ3v) is 6.35. The molecule has 0 fully saturated rings. The third-order valence-electron chi connectivity index (χ3n) is 4.51. The molecule has 1 amide bonds. The highest BCUT2D eigenvalue weighted by Crippen LogP contribution is 2.35. The van der Waals surface area contributed by atoms with Crippen molar-refractivity contribution >= 4 is 44.7 Å². The molecule has 0 radical (unpaired) electrons. The van der Waals surface area contributed by atoms with Crippen molar-refractivity contribution in [3.63, 3.8) is 0 Å². The van der Waals surface area contributed by atoms with Crippen LogP contribution in [0.25, 0.3) is 22.3 Å². The number of nitrogens with zero attached hydrogens (tertiary/aromatic N) is 5. The fourth-order valence-electron chi connectivity index (χ4n) is 3.16. The summed E-state index contributed by atoms with van der Waals surface area (Å²) in [5.74, 6) is -0.605. The van der Waals surface area contributed by atoms with Crippen LogP contribution in [-0.2, 0) is 6.18 Å². The number of anilines is 1. The van der Waals surface area contributed by atoms with E-state index in [1.165, 1.54) is 6.20 Å². The quantitative estimate of drug-likeness (QED) is 0.430. The Bertz CT molecular complexity index is 1290. The minimum absolute atomic E-state index is 0.000949. The summed E-state index contributed by atoms with van der Waals surface area (Å²) in [6.45, 7) is 7.85. The highest BCUT2D eigenvalue weighted by Gasteiger charge is 2.36. The summed E-state index contributed by atoms with van der Waals surface area (Å²) in [6, 6.07) is 3.62. The number of carbonyl (C=O) groups excluding carboxylic acids is 1. The predicted octanol–water partition coefficient (Wildman–Crippen LogP) is 5.48. The van der Waals surface area contributed by atoms with E-state index in [1.54, 1.807) is 22.1 Å². The first-order valence-corrected chi connectivity index (χ1v) is 10.9. The van der Waals surface area contributed by atoms with Crippen LogP contribution in [0.5, 0.6) is 0 Å². The van der Waals surface area contributed by atoms with E-state index in [1.807, 2.05) is 33.8 Å². The van der Waals surface area contributed by atoms with Crippen molar-refractivity contribution in [1.29, 1.82) is 0 Å². The van der Waals surface area contributed by atoms with Crippen molar-refractivity contribution < 1.29 is 18.0 Å². The van der Waals surface area contributed by atoms with E-state index in [0.717, 1.165) is 15.3 Å². The normalized spacial score (nSPS) is 12.1. The molecule has 1 N–H and O–H groups in total. The van der Waals surface area contributed by atoms with Gasteiger partial charge in [-0.2, -0.15) is 18.3 Å². The number of nitrogens with one attached hydrogen (secondary N) is 1. The standard InChI is InChI=1S/C19H17F3N6OS2/c1-8(2)28-15-13(7-23-28)12(6-14(24-15)11-5-9(3)30-10(11)4)16(29)25-18-27-26-17(31-18)19(20,21)22/h5-8H,1-4H3,(H,25,27,29). The van der Waals surface area contributed by atoms with Crippen molar-refractivity contribution in [2.75, 3.05) is 5.32 Å². The minimum atomic E-state index is -4.62. The molecule has 162 valence electrons. The Kier molecular flexibility index (Phi) is 5.30. The smallest absolute Gasteiger partial charge is 0.296 e. The van der Waals surface area contributed by atoms with Crippen LogP contribution >= 0.6 is 22.7 Å². The number of aromatic nitrogens is 5. The van der Waals surface area contributed by atoms with Crippen molar-refractivity contribution in [1.82, 2.24) is 25.0 Å². The number of hydrogen-bond acceptors (Lipinski definition) is 7. The summed E-state index contributed by atoms with van der Waals surface area (Å²) in [5, 5.41) is 12.5.